The largest absolute Gasteiger partial charge is 0.459 e. The molecule has 2 unspecified atom stereocenters. The molecule has 49 heavy (non-hydrogen) atoms. The Bertz CT molecular complexity index is 1630. The van der Waals surface area contributed by atoms with Crippen LogP contribution in [-0.4, -0.2) is 116 Å². The molecule has 1 spiro atoms. The first-order chi connectivity index (χ1) is 22.6. The van der Waals surface area contributed by atoms with E-state index in [1.165, 1.54) is 20.8 Å². The van der Waals surface area contributed by atoms with Gasteiger partial charge in [-0.15, -0.1) is 0 Å². The predicted octanol–water partition coefficient (Wildman–Crippen LogP) is -0.215. The third-order valence-electron chi connectivity index (χ3n) is 16.1. The fraction of sp³-hybridized carbons (Fsp3) is 0.886. The van der Waals surface area contributed by atoms with Crippen LogP contribution in [0, 0.1) is 51.2 Å². The first-order valence-corrected chi connectivity index (χ1v) is 17.4. The van der Waals surface area contributed by atoms with Crippen LogP contribution in [0.3, 0.4) is 0 Å². The van der Waals surface area contributed by atoms with Crippen LogP contribution in [0.2, 0.25) is 0 Å². The molecule has 9 rings (SSSR count). The summed E-state index contributed by atoms with van der Waals surface area (Å²) >= 11 is 0. The fourth-order valence-corrected chi connectivity index (χ4v) is 14.6. The van der Waals surface area contributed by atoms with Crippen molar-refractivity contribution in [1.82, 2.24) is 0 Å². The van der Waals surface area contributed by atoms with Gasteiger partial charge in [-0.05, 0) is 26.7 Å². The fourth-order valence-electron chi connectivity index (χ4n) is 14.6. The van der Waals surface area contributed by atoms with E-state index < -0.39 is 134 Å². The number of rotatable bonds is 3. The first-order valence-electron chi connectivity index (χ1n) is 17.4. The van der Waals surface area contributed by atoms with Crippen molar-refractivity contribution in [3.8, 4) is 0 Å². The number of epoxide rings is 2. The summed E-state index contributed by atoms with van der Waals surface area (Å²) in [6, 6.07) is 0. The molecule has 2 bridgehead atoms. The number of aliphatic hydroxyl groups excluding tert-OH is 1. The average molecular weight is 691 g/mol. The summed E-state index contributed by atoms with van der Waals surface area (Å²) in [6.45, 7) is 12.1. The maximum Gasteiger partial charge on any atom is 0.303 e. The normalized spacial score (nSPS) is 64.0. The van der Waals surface area contributed by atoms with Crippen molar-refractivity contribution in [2.24, 2.45) is 51.2 Å². The van der Waals surface area contributed by atoms with Crippen LogP contribution in [0.15, 0.2) is 0 Å². The van der Waals surface area contributed by atoms with Crippen LogP contribution >= 0.6 is 0 Å². The summed E-state index contributed by atoms with van der Waals surface area (Å²) in [5.41, 5.74) is -10.6. The summed E-state index contributed by atoms with van der Waals surface area (Å²) in [6.07, 6.45) is -6.97. The Kier molecular flexibility index (Phi) is 5.80. The van der Waals surface area contributed by atoms with Crippen LogP contribution in [0.1, 0.15) is 68.2 Å². The van der Waals surface area contributed by atoms with Crippen molar-refractivity contribution < 1.29 is 68.0 Å². The lowest BCUT2D eigenvalue weighted by molar-refractivity contribution is -0.332. The number of hydrogen-bond donors (Lipinski definition) is 4. The molecular formula is C35H46O14. The number of carbonyl (C=O) groups excluding carboxylic acids is 4. The van der Waals surface area contributed by atoms with E-state index >= 15 is 0 Å². The Labute approximate surface area is 283 Å². The molecule has 3 heterocycles. The topological polar surface area (TPSA) is 211 Å². The molecule has 0 aromatic rings. The Morgan fingerprint density at radius 2 is 1.51 bits per heavy atom. The zero-order chi connectivity index (χ0) is 35.6. The third-order valence-corrected chi connectivity index (χ3v) is 16.1. The summed E-state index contributed by atoms with van der Waals surface area (Å²) in [7, 11) is 0. The molecule has 270 valence electrons. The highest BCUT2D eigenvalue weighted by Gasteiger charge is 3.03. The number of ether oxygens (including phenoxy) is 6. The van der Waals surface area contributed by atoms with E-state index in [0.29, 0.717) is 0 Å². The molecule has 6 aliphatic carbocycles. The highest BCUT2D eigenvalue weighted by atomic mass is 16.8. The van der Waals surface area contributed by atoms with Crippen molar-refractivity contribution in [1.29, 1.82) is 0 Å². The number of carbonyl (C=O) groups is 4. The minimum atomic E-state index is -1.77. The maximum atomic E-state index is 14.5. The van der Waals surface area contributed by atoms with Crippen LogP contribution in [-0.2, 0) is 47.6 Å². The monoisotopic (exact) mass is 690 g/mol. The molecule has 3 aliphatic heterocycles. The van der Waals surface area contributed by atoms with Gasteiger partial charge in [0.1, 0.15) is 42.2 Å². The van der Waals surface area contributed by atoms with Crippen molar-refractivity contribution in [2.75, 3.05) is 6.61 Å². The van der Waals surface area contributed by atoms with Gasteiger partial charge in [-0.2, -0.15) is 0 Å². The Hall–Kier alpha value is -2.20. The number of ketones is 1. The Morgan fingerprint density at radius 1 is 0.898 bits per heavy atom. The average Bonchev–Trinajstić information content (AvgIpc) is 3.86. The molecule has 9 fully saturated rings. The summed E-state index contributed by atoms with van der Waals surface area (Å²) in [4.78, 5) is 53.4. The molecule has 0 radical (unpaired) electrons. The van der Waals surface area contributed by atoms with E-state index in [4.69, 9.17) is 28.4 Å². The second-order valence-electron chi connectivity index (χ2n) is 17.8. The summed E-state index contributed by atoms with van der Waals surface area (Å²) in [5.74, 6) is -8.99. The number of fused-ring (bicyclic) bond motifs is 7. The lowest BCUT2D eigenvalue weighted by Crippen LogP contribution is -2.80. The quantitative estimate of drug-likeness (QED) is 0.172. The minimum Gasteiger partial charge on any atom is -0.459 e. The lowest BCUT2D eigenvalue weighted by Gasteiger charge is -2.70. The van der Waals surface area contributed by atoms with E-state index in [1.807, 2.05) is 0 Å². The first kappa shape index (κ1) is 32.7. The number of esters is 3. The van der Waals surface area contributed by atoms with Gasteiger partial charge in [0.15, 0.2) is 5.78 Å². The molecule has 6 saturated carbocycles. The standard InChI is InChI=1S/C35H46O14/c1-12(36)45-22-18-17(20(40)19(39)15-9-16-21(48-16)24(29(15,18)5)46-13(2)37)23-30(6,25(22)47-14(3)38)34-10-33(23,43)26(34)31(7)28(4,41)11-44-35(31)27(49-35)32(34,8)42/h15-18,20-27,40-43H,9-11H2,1-8H3/t15-,16+,17?,18?,20-,21+,22+,23+,24+,25+,26-,27-,28-,29+,30-,31+,32-,33+,34+,35-/m1/s1. The maximum absolute atomic E-state index is 14.5. The summed E-state index contributed by atoms with van der Waals surface area (Å²) in [5, 5.41) is 50.5. The summed E-state index contributed by atoms with van der Waals surface area (Å²) < 4.78 is 36.8. The Balaban J connectivity index is 1.33. The molecule has 14 nitrogen and oxygen atoms in total. The SMILES string of the molecule is CC(=O)O[C@H]1C2C([C@@H]3[C@@]4(O)C[C@]5([C@@H]4[C@]4(C)[C@]6(OC[C@@]4(C)O)O[C@@H]6[C@@]5(C)O)[C@@]3(C)[C@H]1OC(C)=O)[C@@H](O)C(=O)[C@H]1C[C@@H]3O[C@@H]3[C@H](OC(C)=O)[C@]21C. The van der Waals surface area contributed by atoms with Gasteiger partial charge < -0.3 is 48.8 Å². The van der Waals surface area contributed by atoms with Crippen molar-refractivity contribution >= 4 is 23.7 Å². The van der Waals surface area contributed by atoms with Crippen LogP contribution in [0.4, 0.5) is 0 Å². The van der Waals surface area contributed by atoms with Gasteiger partial charge in [-0.3, -0.25) is 19.2 Å². The highest BCUT2D eigenvalue weighted by Crippen LogP contribution is 2.94. The van der Waals surface area contributed by atoms with E-state index in [2.05, 4.69) is 0 Å². The van der Waals surface area contributed by atoms with Gasteiger partial charge >= 0.3 is 17.9 Å². The van der Waals surface area contributed by atoms with Crippen LogP contribution in [0.25, 0.3) is 0 Å². The zero-order valence-electron chi connectivity index (χ0n) is 28.9. The van der Waals surface area contributed by atoms with Gasteiger partial charge in [-0.1, -0.05) is 20.8 Å². The smallest absolute Gasteiger partial charge is 0.303 e. The predicted molar refractivity (Wildman–Crippen MR) is 160 cm³/mol. The van der Waals surface area contributed by atoms with Gasteiger partial charge in [0, 0.05) is 66.6 Å². The molecule has 0 aromatic carbocycles. The number of aliphatic hydroxyl groups is 4. The highest BCUT2D eigenvalue weighted by molar-refractivity contribution is 5.88. The molecule has 20 atom stereocenters. The van der Waals surface area contributed by atoms with Crippen molar-refractivity contribution in [2.45, 2.75) is 134 Å². The number of Topliss-reactive ketones (excluding diaryl/α,β-unsaturated/α-hetero) is 1. The third kappa shape index (κ3) is 3.05. The van der Waals surface area contributed by atoms with Gasteiger partial charge in [0.25, 0.3) is 0 Å². The zero-order valence-corrected chi connectivity index (χ0v) is 28.9. The van der Waals surface area contributed by atoms with E-state index in [9.17, 15) is 39.6 Å². The molecule has 0 aromatic heterocycles. The van der Waals surface area contributed by atoms with Gasteiger partial charge in [0.2, 0.25) is 5.79 Å². The second kappa shape index (κ2) is 8.70. The van der Waals surface area contributed by atoms with Gasteiger partial charge in [-0.25, -0.2) is 0 Å². The minimum absolute atomic E-state index is 0.0452. The van der Waals surface area contributed by atoms with Crippen molar-refractivity contribution in [3.63, 3.8) is 0 Å². The molecule has 9 aliphatic rings. The van der Waals surface area contributed by atoms with Crippen molar-refractivity contribution in [3.05, 3.63) is 0 Å². The Morgan fingerprint density at radius 3 is 2.12 bits per heavy atom. The molecule has 4 N–H and O–H groups in total. The molecule has 0 amide bonds. The molecular weight excluding hydrogens is 644 g/mol. The van der Waals surface area contributed by atoms with E-state index in [1.54, 1.807) is 34.6 Å². The van der Waals surface area contributed by atoms with Gasteiger partial charge in [0.05, 0.1) is 29.3 Å². The molecule has 14 heteroatoms. The lowest BCUT2D eigenvalue weighted by atomic mass is 9.33. The number of hydrogen-bond acceptors (Lipinski definition) is 14. The van der Waals surface area contributed by atoms with E-state index in [0.717, 1.165) is 0 Å². The second-order valence-corrected chi connectivity index (χ2v) is 17.8. The van der Waals surface area contributed by atoms with Crippen LogP contribution in [0.5, 0.6) is 0 Å². The molecule has 3 saturated heterocycles. The van der Waals surface area contributed by atoms with Crippen LogP contribution < -0.4 is 0 Å². The van der Waals surface area contributed by atoms with E-state index in [-0.39, 0.29) is 25.6 Å².